The number of ether oxygens (including phenoxy) is 3. The Morgan fingerprint density at radius 2 is 1.64 bits per heavy atom. The Morgan fingerprint density at radius 3 is 2.20 bits per heavy atom. The van der Waals surface area contributed by atoms with Crippen molar-refractivity contribution in [1.82, 2.24) is 0 Å². The number of cyclic esters (lactones) is 1. The van der Waals surface area contributed by atoms with Crippen LogP contribution < -0.4 is 4.74 Å². The van der Waals surface area contributed by atoms with E-state index in [2.05, 4.69) is 0 Å². The van der Waals surface area contributed by atoms with Gasteiger partial charge in [0.2, 0.25) is 0 Å². The molecule has 1 heterocycles. The predicted octanol–water partition coefficient (Wildman–Crippen LogP) is 3.01. The number of rotatable bonds is 4. The summed E-state index contributed by atoms with van der Waals surface area (Å²) in [5.41, 5.74) is 1.07. The summed E-state index contributed by atoms with van der Waals surface area (Å²) in [5, 5.41) is 0. The standard InChI is InChI=1S/C20H18O5/c1-13-4-8-15(9-5-13)20(19(22)24-3)17(12-18(21)25-20)14-6-10-16(23-2)11-7-14/h4-12H,1-3H3/t20-/m0/s1. The third-order valence-electron chi connectivity index (χ3n) is 4.23. The lowest BCUT2D eigenvalue weighted by Crippen LogP contribution is -2.39. The molecule has 1 aliphatic heterocycles. The van der Waals surface area contributed by atoms with Crippen LogP contribution in [0.15, 0.2) is 54.6 Å². The van der Waals surface area contributed by atoms with Crippen LogP contribution >= 0.6 is 0 Å². The molecule has 3 rings (SSSR count). The normalized spacial score (nSPS) is 19.2. The SMILES string of the molecule is COC(=O)[C@@]1(c2ccc(C)cc2)OC(=O)C=C1c1ccc(OC)cc1. The number of hydrogen-bond donors (Lipinski definition) is 0. The van der Waals surface area contributed by atoms with Crippen LogP contribution in [-0.2, 0) is 24.7 Å². The van der Waals surface area contributed by atoms with Crippen LogP contribution in [0.2, 0.25) is 0 Å². The van der Waals surface area contributed by atoms with Gasteiger partial charge in [0.25, 0.3) is 5.60 Å². The summed E-state index contributed by atoms with van der Waals surface area (Å²) in [4.78, 5) is 24.8. The highest BCUT2D eigenvalue weighted by atomic mass is 16.6. The van der Waals surface area contributed by atoms with Gasteiger partial charge < -0.3 is 14.2 Å². The van der Waals surface area contributed by atoms with Gasteiger partial charge in [0.1, 0.15) is 5.75 Å². The highest BCUT2D eigenvalue weighted by Crippen LogP contribution is 2.45. The molecule has 0 saturated heterocycles. The smallest absolute Gasteiger partial charge is 0.360 e. The third kappa shape index (κ3) is 2.78. The lowest BCUT2D eigenvalue weighted by molar-refractivity contribution is -0.169. The first-order valence-corrected chi connectivity index (χ1v) is 7.76. The lowest BCUT2D eigenvalue weighted by Gasteiger charge is -2.29. The fourth-order valence-corrected chi connectivity index (χ4v) is 2.93. The van der Waals surface area contributed by atoms with Gasteiger partial charge in [-0.2, -0.15) is 0 Å². The van der Waals surface area contributed by atoms with Crippen molar-refractivity contribution in [1.29, 1.82) is 0 Å². The van der Waals surface area contributed by atoms with Crippen LogP contribution in [0, 0.1) is 6.92 Å². The molecule has 0 aliphatic carbocycles. The van der Waals surface area contributed by atoms with E-state index >= 15 is 0 Å². The van der Waals surface area contributed by atoms with Gasteiger partial charge in [-0.15, -0.1) is 0 Å². The quantitative estimate of drug-likeness (QED) is 0.802. The number of carbonyl (C=O) groups is 2. The summed E-state index contributed by atoms with van der Waals surface area (Å²) in [6.45, 7) is 1.94. The maximum Gasteiger partial charge on any atom is 0.360 e. The Kier molecular flexibility index (Phi) is 4.31. The molecule has 1 atom stereocenters. The van der Waals surface area contributed by atoms with Gasteiger partial charge in [-0.1, -0.05) is 42.0 Å². The van der Waals surface area contributed by atoms with Crippen molar-refractivity contribution in [3.05, 3.63) is 71.3 Å². The molecule has 2 aromatic carbocycles. The average molecular weight is 338 g/mol. The third-order valence-corrected chi connectivity index (χ3v) is 4.23. The Bertz CT molecular complexity index is 833. The molecule has 5 heteroatoms. The van der Waals surface area contributed by atoms with Crippen molar-refractivity contribution in [3.8, 4) is 5.75 Å². The van der Waals surface area contributed by atoms with Gasteiger partial charge in [-0.25, -0.2) is 9.59 Å². The minimum Gasteiger partial charge on any atom is -0.497 e. The minimum atomic E-state index is -1.62. The van der Waals surface area contributed by atoms with E-state index in [-0.39, 0.29) is 0 Å². The monoisotopic (exact) mass is 338 g/mol. The number of esters is 2. The molecule has 5 nitrogen and oxygen atoms in total. The van der Waals surface area contributed by atoms with E-state index in [9.17, 15) is 9.59 Å². The molecule has 0 amide bonds. The van der Waals surface area contributed by atoms with Crippen LogP contribution in [0.1, 0.15) is 16.7 Å². The van der Waals surface area contributed by atoms with E-state index in [1.54, 1.807) is 43.5 Å². The summed E-state index contributed by atoms with van der Waals surface area (Å²) in [6, 6.07) is 14.3. The van der Waals surface area contributed by atoms with Crippen LogP contribution in [0.3, 0.4) is 0 Å². The molecule has 1 aliphatic rings. The molecule has 0 aromatic heterocycles. The van der Waals surface area contributed by atoms with Crippen molar-refractivity contribution >= 4 is 17.5 Å². The number of methoxy groups -OCH3 is 2. The number of hydrogen-bond acceptors (Lipinski definition) is 5. The number of aryl methyl sites for hydroxylation is 1. The molecule has 0 spiro atoms. The van der Waals surface area contributed by atoms with Gasteiger partial charge >= 0.3 is 11.9 Å². The highest BCUT2D eigenvalue weighted by Gasteiger charge is 2.53. The molecular weight excluding hydrogens is 320 g/mol. The second kappa shape index (κ2) is 6.43. The van der Waals surface area contributed by atoms with Crippen molar-refractivity contribution in [2.45, 2.75) is 12.5 Å². The highest BCUT2D eigenvalue weighted by molar-refractivity contribution is 6.09. The molecule has 2 aromatic rings. The van der Waals surface area contributed by atoms with E-state index in [4.69, 9.17) is 14.2 Å². The Morgan fingerprint density at radius 1 is 1.00 bits per heavy atom. The summed E-state index contributed by atoms with van der Waals surface area (Å²) in [7, 11) is 2.84. The second-order valence-corrected chi connectivity index (χ2v) is 5.75. The molecule has 0 fully saturated rings. The Hall–Kier alpha value is -3.08. The molecular formula is C20H18O5. The first kappa shape index (κ1) is 16.8. The number of carbonyl (C=O) groups excluding carboxylic acids is 2. The molecule has 0 radical (unpaired) electrons. The van der Waals surface area contributed by atoms with Crippen molar-refractivity contribution in [2.24, 2.45) is 0 Å². The zero-order chi connectivity index (χ0) is 18.0. The molecule has 0 N–H and O–H groups in total. The molecule has 25 heavy (non-hydrogen) atoms. The van der Waals surface area contributed by atoms with Crippen LogP contribution in [0.25, 0.3) is 5.57 Å². The van der Waals surface area contributed by atoms with E-state index in [1.807, 2.05) is 19.1 Å². The summed E-state index contributed by atoms with van der Waals surface area (Å²) in [6.07, 6.45) is 1.33. The predicted molar refractivity (Wildman–Crippen MR) is 91.9 cm³/mol. The maximum atomic E-state index is 12.7. The summed E-state index contributed by atoms with van der Waals surface area (Å²) >= 11 is 0. The molecule has 0 saturated carbocycles. The molecule has 0 bridgehead atoms. The Labute approximate surface area is 145 Å². The fraction of sp³-hybridized carbons (Fsp3) is 0.200. The first-order valence-electron chi connectivity index (χ1n) is 7.76. The maximum absolute atomic E-state index is 12.7. The fourth-order valence-electron chi connectivity index (χ4n) is 2.93. The lowest BCUT2D eigenvalue weighted by atomic mass is 9.82. The zero-order valence-electron chi connectivity index (χ0n) is 14.2. The first-order chi connectivity index (χ1) is 12.0. The minimum absolute atomic E-state index is 0.441. The van der Waals surface area contributed by atoms with E-state index in [1.165, 1.54) is 13.2 Å². The number of benzene rings is 2. The topological polar surface area (TPSA) is 61.8 Å². The Balaban J connectivity index is 2.18. The molecule has 128 valence electrons. The zero-order valence-corrected chi connectivity index (χ0v) is 14.2. The van der Waals surface area contributed by atoms with E-state index < -0.39 is 17.5 Å². The van der Waals surface area contributed by atoms with Gasteiger partial charge in [0, 0.05) is 17.2 Å². The van der Waals surface area contributed by atoms with Crippen LogP contribution in [-0.4, -0.2) is 26.2 Å². The van der Waals surface area contributed by atoms with Gasteiger partial charge in [-0.05, 0) is 24.6 Å². The summed E-state index contributed by atoms with van der Waals surface area (Å²) < 4.78 is 15.7. The van der Waals surface area contributed by atoms with Gasteiger partial charge in [-0.3, -0.25) is 0 Å². The average Bonchev–Trinajstić information content (AvgIpc) is 3.00. The van der Waals surface area contributed by atoms with Crippen molar-refractivity contribution in [3.63, 3.8) is 0 Å². The van der Waals surface area contributed by atoms with Crippen LogP contribution in [0.4, 0.5) is 0 Å². The van der Waals surface area contributed by atoms with E-state index in [0.717, 1.165) is 5.56 Å². The van der Waals surface area contributed by atoms with Gasteiger partial charge in [0.15, 0.2) is 0 Å². The van der Waals surface area contributed by atoms with Crippen molar-refractivity contribution < 1.29 is 23.8 Å². The van der Waals surface area contributed by atoms with Crippen LogP contribution in [0.5, 0.6) is 5.75 Å². The molecule has 0 unspecified atom stereocenters. The summed E-state index contributed by atoms with van der Waals surface area (Å²) in [5.74, 6) is -0.561. The van der Waals surface area contributed by atoms with Gasteiger partial charge in [0.05, 0.1) is 14.2 Å². The second-order valence-electron chi connectivity index (χ2n) is 5.75. The van der Waals surface area contributed by atoms with E-state index in [0.29, 0.717) is 22.4 Å². The van der Waals surface area contributed by atoms with Crippen molar-refractivity contribution in [2.75, 3.05) is 14.2 Å². The largest absolute Gasteiger partial charge is 0.497 e.